The maximum absolute atomic E-state index is 12.1. The fourth-order valence-corrected chi connectivity index (χ4v) is 6.49. The molecule has 0 aliphatic carbocycles. The lowest BCUT2D eigenvalue weighted by Gasteiger charge is -2.37. The molecule has 262 valence electrons. The molecule has 0 amide bonds. The van der Waals surface area contributed by atoms with Crippen LogP contribution >= 0.6 is 0 Å². The third-order valence-corrected chi connectivity index (χ3v) is 8.80. The molecule has 2 N–H and O–H groups in total. The molecular formula is C37H61N7O3. The third kappa shape index (κ3) is 10.8. The number of aromatic nitrogens is 3. The Bertz CT molecular complexity index is 1440. The number of pyridine rings is 1. The lowest BCUT2D eigenvalue weighted by Crippen LogP contribution is -2.48. The van der Waals surface area contributed by atoms with E-state index in [-0.39, 0.29) is 11.9 Å². The average Bonchev–Trinajstić information content (AvgIpc) is 3.36. The van der Waals surface area contributed by atoms with Crippen molar-refractivity contribution in [3.05, 3.63) is 24.0 Å². The Kier molecular flexibility index (Phi) is 13.3. The summed E-state index contributed by atoms with van der Waals surface area (Å²) in [5.41, 5.74) is 10.2. The SMILES string of the molecule is CCCCc1nc2c(N)nc3ccc(N4CCN(CC(C)COCC(C)CC(=O)OC(C)(C)C)CC4)cc3c2n1CCCCN(C)C. The molecular weight excluding hydrogens is 590 g/mol. The second kappa shape index (κ2) is 16.9. The van der Waals surface area contributed by atoms with E-state index < -0.39 is 5.60 Å². The topological polar surface area (TPSA) is 102 Å². The fourth-order valence-electron chi connectivity index (χ4n) is 6.49. The van der Waals surface area contributed by atoms with E-state index in [4.69, 9.17) is 25.2 Å². The smallest absolute Gasteiger partial charge is 0.306 e. The van der Waals surface area contributed by atoms with E-state index in [1.165, 1.54) is 5.69 Å². The molecule has 4 rings (SSSR count). The Morgan fingerprint density at radius 1 is 1.02 bits per heavy atom. The van der Waals surface area contributed by atoms with E-state index in [1.54, 1.807) is 0 Å². The van der Waals surface area contributed by atoms with Crippen LogP contribution in [0.15, 0.2) is 18.2 Å². The number of aryl methyl sites for hydroxylation is 2. The summed E-state index contributed by atoms with van der Waals surface area (Å²) in [6.07, 6.45) is 5.83. The van der Waals surface area contributed by atoms with Crippen molar-refractivity contribution in [2.45, 2.75) is 92.2 Å². The van der Waals surface area contributed by atoms with Crippen LogP contribution in [0.5, 0.6) is 0 Å². The van der Waals surface area contributed by atoms with Crippen LogP contribution in [0.1, 0.15) is 79.5 Å². The highest BCUT2D eigenvalue weighted by molar-refractivity contribution is 6.07. The number of imidazole rings is 1. The van der Waals surface area contributed by atoms with Crippen molar-refractivity contribution in [2.75, 3.05) is 77.2 Å². The molecule has 0 radical (unpaired) electrons. The lowest BCUT2D eigenvalue weighted by atomic mass is 10.1. The molecule has 2 aromatic heterocycles. The minimum absolute atomic E-state index is 0.139. The number of carbonyl (C=O) groups is 1. The van der Waals surface area contributed by atoms with E-state index in [0.29, 0.717) is 31.4 Å². The van der Waals surface area contributed by atoms with Gasteiger partial charge in [0.05, 0.1) is 24.1 Å². The first kappa shape index (κ1) is 36.9. The number of carbonyl (C=O) groups excluding carboxylic acids is 1. The number of ether oxygens (including phenoxy) is 2. The van der Waals surface area contributed by atoms with Crippen LogP contribution < -0.4 is 10.6 Å². The van der Waals surface area contributed by atoms with Crippen LogP contribution in [0.3, 0.4) is 0 Å². The van der Waals surface area contributed by atoms with Gasteiger partial charge in [-0.1, -0.05) is 27.2 Å². The molecule has 1 aliphatic heterocycles. The third-order valence-electron chi connectivity index (χ3n) is 8.80. The van der Waals surface area contributed by atoms with E-state index in [0.717, 1.165) is 106 Å². The normalized spacial score (nSPS) is 16.0. The molecule has 2 atom stereocenters. The van der Waals surface area contributed by atoms with Crippen molar-refractivity contribution in [3.63, 3.8) is 0 Å². The summed E-state index contributed by atoms with van der Waals surface area (Å²) < 4.78 is 13.9. The van der Waals surface area contributed by atoms with Gasteiger partial charge in [-0.2, -0.15) is 0 Å². The first-order chi connectivity index (χ1) is 22.3. The number of benzene rings is 1. The van der Waals surface area contributed by atoms with Crippen molar-refractivity contribution in [2.24, 2.45) is 11.8 Å². The standard InChI is InChI=1S/C37H61N7O3/c1-9-10-13-32-40-34-35(44(32)17-12-11-16-41(7)8)30-23-29(14-15-31(30)39-36(34)38)43-20-18-42(19-21-43)24-28(3)26-46-25-27(2)22-33(45)47-37(4,5)6/h14-15,23,27-28H,9-13,16-22,24-26H2,1-8H3,(H2,38,39). The number of esters is 1. The second-order valence-electron chi connectivity index (χ2n) is 15.0. The van der Waals surface area contributed by atoms with Gasteiger partial charge in [0.15, 0.2) is 5.82 Å². The van der Waals surface area contributed by atoms with Crippen molar-refractivity contribution in [1.82, 2.24) is 24.3 Å². The minimum atomic E-state index is -0.449. The molecule has 1 saturated heterocycles. The Labute approximate surface area is 283 Å². The van der Waals surface area contributed by atoms with Gasteiger partial charge in [0, 0.05) is 63.4 Å². The summed E-state index contributed by atoms with van der Waals surface area (Å²) in [5.74, 6) is 2.05. The maximum atomic E-state index is 12.1. The average molecular weight is 652 g/mol. The van der Waals surface area contributed by atoms with Crippen molar-refractivity contribution in [1.29, 1.82) is 0 Å². The Morgan fingerprint density at radius 2 is 1.74 bits per heavy atom. The molecule has 0 spiro atoms. The van der Waals surface area contributed by atoms with Crippen LogP contribution in [0.4, 0.5) is 11.5 Å². The number of anilines is 2. The van der Waals surface area contributed by atoms with Crippen molar-refractivity contribution < 1.29 is 14.3 Å². The first-order valence-corrected chi connectivity index (χ1v) is 17.8. The van der Waals surface area contributed by atoms with Gasteiger partial charge in [-0.05, 0) is 90.7 Å². The Morgan fingerprint density at radius 3 is 2.43 bits per heavy atom. The van der Waals surface area contributed by atoms with Crippen molar-refractivity contribution >= 4 is 39.4 Å². The number of hydrogen-bond acceptors (Lipinski definition) is 9. The molecule has 3 heterocycles. The number of nitrogen functional groups attached to an aromatic ring is 1. The summed E-state index contributed by atoms with van der Waals surface area (Å²) in [4.78, 5) is 29.2. The predicted molar refractivity (Wildman–Crippen MR) is 194 cm³/mol. The van der Waals surface area contributed by atoms with Gasteiger partial charge in [0.25, 0.3) is 0 Å². The lowest BCUT2D eigenvalue weighted by molar-refractivity contribution is -0.156. The largest absolute Gasteiger partial charge is 0.460 e. The Hall–Kier alpha value is -2.95. The molecule has 0 bridgehead atoms. The maximum Gasteiger partial charge on any atom is 0.306 e. The number of hydrogen-bond donors (Lipinski definition) is 1. The Balaban J connectivity index is 1.37. The molecule has 3 aromatic rings. The van der Waals surface area contributed by atoms with Gasteiger partial charge < -0.3 is 29.6 Å². The van der Waals surface area contributed by atoms with Crippen LogP contribution in [-0.4, -0.2) is 102 Å². The minimum Gasteiger partial charge on any atom is -0.460 e. The molecule has 2 unspecified atom stereocenters. The number of nitrogens with zero attached hydrogens (tertiary/aromatic N) is 6. The molecule has 1 aliphatic rings. The number of unbranched alkanes of at least 4 members (excludes halogenated alkanes) is 2. The highest BCUT2D eigenvalue weighted by Crippen LogP contribution is 2.33. The van der Waals surface area contributed by atoms with Gasteiger partial charge >= 0.3 is 5.97 Å². The summed E-state index contributed by atoms with van der Waals surface area (Å²) in [6, 6.07) is 6.64. The second-order valence-corrected chi connectivity index (χ2v) is 15.0. The van der Waals surface area contributed by atoms with E-state index in [9.17, 15) is 4.79 Å². The summed E-state index contributed by atoms with van der Waals surface area (Å²) in [6.45, 7) is 20.5. The zero-order valence-electron chi connectivity index (χ0n) is 30.5. The van der Waals surface area contributed by atoms with Crippen LogP contribution in [0.25, 0.3) is 21.9 Å². The number of rotatable bonds is 17. The zero-order valence-corrected chi connectivity index (χ0v) is 30.5. The highest BCUT2D eigenvalue weighted by Gasteiger charge is 2.23. The monoisotopic (exact) mass is 651 g/mol. The summed E-state index contributed by atoms with van der Waals surface area (Å²) >= 11 is 0. The van der Waals surface area contributed by atoms with Gasteiger partial charge in [-0.3, -0.25) is 9.69 Å². The molecule has 10 nitrogen and oxygen atoms in total. The molecule has 0 saturated carbocycles. The number of fused-ring (bicyclic) bond motifs is 3. The van der Waals surface area contributed by atoms with E-state index in [2.05, 4.69) is 65.4 Å². The zero-order chi connectivity index (χ0) is 34.1. The van der Waals surface area contributed by atoms with Gasteiger partial charge in [-0.25, -0.2) is 9.97 Å². The van der Waals surface area contributed by atoms with Crippen molar-refractivity contribution in [3.8, 4) is 0 Å². The van der Waals surface area contributed by atoms with E-state index in [1.807, 2.05) is 27.7 Å². The van der Waals surface area contributed by atoms with Crippen LogP contribution in [0, 0.1) is 11.8 Å². The quantitative estimate of drug-likeness (QED) is 0.139. The predicted octanol–water partition coefficient (Wildman–Crippen LogP) is 5.99. The van der Waals surface area contributed by atoms with Crippen LogP contribution in [0.2, 0.25) is 0 Å². The molecule has 10 heteroatoms. The summed E-state index contributed by atoms with van der Waals surface area (Å²) in [5, 5.41) is 1.14. The van der Waals surface area contributed by atoms with E-state index >= 15 is 0 Å². The highest BCUT2D eigenvalue weighted by atomic mass is 16.6. The summed E-state index contributed by atoms with van der Waals surface area (Å²) in [7, 11) is 4.27. The first-order valence-electron chi connectivity index (χ1n) is 17.8. The van der Waals surface area contributed by atoms with Crippen LogP contribution in [-0.2, 0) is 27.2 Å². The molecule has 47 heavy (non-hydrogen) atoms. The van der Waals surface area contributed by atoms with Gasteiger partial charge in [-0.15, -0.1) is 0 Å². The molecule has 1 aromatic carbocycles. The van der Waals surface area contributed by atoms with Gasteiger partial charge in [0.2, 0.25) is 0 Å². The number of nitrogens with two attached hydrogens (primary N) is 1. The molecule has 1 fully saturated rings. The fraction of sp³-hybridized carbons (Fsp3) is 0.703. The van der Waals surface area contributed by atoms with Gasteiger partial charge in [0.1, 0.15) is 16.9 Å². The number of piperazine rings is 1.